The maximum absolute atomic E-state index is 10.5. The van der Waals surface area contributed by atoms with Crippen LogP contribution in [0.5, 0.6) is 0 Å². The lowest BCUT2D eigenvalue weighted by atomic mass is 10.1. The maximum Gasteiger partial charge on any atom is 0.124 e. The predicted octanol–water partition coefficient (Wildman–Crippen LogP) is 2.23. The summed E-state index contributed by atoms with van der Waals surface area (Å²) in [6.07, 6.45) is 1.45. The topological polar surface area (TPSA) is 22.0 Å². The Labute approximate surface area is 83.2 Å². The standard InChI is InChI=1S/C12H13NO/c1-9-8-11-5-3-4-10(6-7-14)12(11)13(9)2/h3-5,7-8H,6H2,1-2H3. The summed E-state index contributed by atoms with van der Waals surface area (Å²) < 4.78 is 2.13. The summed E-state index contributed by atoms with van der Waals surface area (Å²) in [5, 5.41) is 1.21. The third kappa shape index (κ3) is 1.23. The molecule has 0 bridgehead atoms. The van der Waals surface area contributed by atoms with Gasteiger partial charge in [0.25, 0.3) is 0 Å². The van der Waals surface area contributed by atoms with Crippen LogP contribution in [0.4, 0.5) is 0 Å². The van der Waals surface area contributed by atoms with Crippen LogP contribution in [0.25, 0.3) is 10.9 Å². The first-order chi connectivity index (χ1) is 6.74. The first-order valence-electron chi connectivity index (χ1n) is 4.71. The monoisotopic (exact) mass is 187 g/mol. The third-order valence-electron chi connectivity index (χ3n) is 2.68. The molecule has 0 aliphatic carbocycles. The van der Waals surface area contributed by atoms with Crippen LogP contribution in [0.15, 0.2) is 24.3 Å². The second kappa shape index (κ2) is 3.29. The van der Waals surface area contributed by atoms with Gasteiger partial charge in [-0.1, -0.05) is 18.2 Å². The van der Waals surface area contributed by atoms with Crippen LogP contribution in [0, 0.1) is 6.92 Å². The van der Waals surface area contributed by atoms with Crippen LogP contribution in [0.1, 0.15) is 11.3 Å². The van der Waals surface area contributed by atoms with E-state index in [0.717, 1.165) is 11.8 Å². The minimum Gasteiger partial charge on any atom is -0.348 e. The number of fused-ring (bicyclic) bond motifs is 1. The van der Waals surface area contributed by atoms with Gasteiger partial charge in [-0.25, -0.2) is 0 Å². The molecule has 1 heterocycles. The molecular weight excluding hydrogens is 174 g/mol. The number of para-hydroxylation sites is 1. The molecule has 0 N–H and O–H groups in total. The second-order valence-corrected chi connectivity index (χ2v) is 3.57. The summed E-state index contributed by atoms with van der Waals surface area (Å²) in [7, 11) is 2.03. The number of carbonyl (C=O) groups is 1. The SMILES string of the molecule is Cc1cc2cccc(CC=O)c2n1C. The molecule has 0 radical (unpaired) electrons. The molecule has 1 aromatic heterocycles. The average Bonchev–Trinajstić information content (AvgIpc) is 2.45. The number of carbonyl (C=O) groups excluding carboxylic acids is 1. The van der Waals surface area contributed by atoms with Gasteiger partial charge in [-0.15, -0.1) is 0 Å². The van der Waals surface area contributed by atoms with Crippen molar-refractivity contribution in [1.29, 1.82) is 0 Å². The molecule has 1 aromatic carbocycles. The minimum atomic E-state index is 0.495. The molecule has 0 atom stereocenters. The predicted molar refractivity (Wildman–Crippen MR) is 57.4 cm³/mol. The van der Waals surface area contributed by atoms with E-state index in [9.17, 15) is 4.79 Å². The van der Waals surface area contributed by atoms with Crippen molar-refractivity contribution in [2.45, 2.75) is 13.3 Å². The summed E-state index contributed by atoms with van der Waals surface area (Å²) in [6.45, 7) is 2.07. The number of rotatable bonds is 2. The average molecular weight is 187 g/mol. The lowest BCUT2D eigenvalue weighted by molar-refractivity contribution is -0.107. The second-order valence-electron chi connectivity index (χ2n) is 3.57. The van der Waals surface area contributed by atoms with Crippen molar-refractivity contribution in [3.8, 4) is 0 Å². The minimum absolute atomic E-state index is 0.495. The Kier molecular flexibility index (Phi) is 2.12. The quantitative estimate of drug-likeness (QED) is 0.661. The van der Waals surface area contributed by atoms with Crippen molar-refractivity contribution in [2.75, 3.05) is 0 Å². The number of hydrogen-bond donors (Lipinski definition) is 0. The summed E-state index contributed by atoms with van der Waals surface area (Å²) in [5.74, 6) is 0. The Morgan fingerprint density at radius 3 is 2.93 bits per heavy atom. The molecule has 2 heteroatoms. The normalized spacial score (nSPS) is 10.7. The molecule has 0 unspecified atom stereocenters. The summed E-state index contributed by atoms with van der Waals surface area (Å²) in [4.78, 5) is 10.5. The van der Waals surface area contributed by atoms with Crippen LogP contribution in [-0.4, -0.2) is 10.9 Å². The van der Waals surface area contributed by atoms with Gasteiger partial charge in [-0.05, 0) is 18.6 Å². The first kappa shape index (κ1) is 9.00. The zero-order valence-corrected chi connectivity index (χ0v) is 8.45. The molecule has 0 fully saturated rings. The lowest BCUT2D eigenvalue weighted by Crippen LogP contribution is -1.95. The fourth-order valence-electron chi connectivity index (χ4n) is 1.89. The van der Waals surface area contributed by atoms with E-state index >= 15 is 0 Å². The smallest absolute Gasteiger partial charge is 0.124 e. The maximum atomic E-state index is 10.5. The molecule has 0 spiro atoms. The van der Waals surface area contributed by atoms with Crippen LogP contribution in [-0.2, 0) is 18.3 Å². The Morgan fingerprint density at radius 2 is 2.21 bits per heavy atom. The van der Waals surface area contributed by atoms with Crippen LogP contribution in [0.3, 0.4) is 0 Å². The van der Waals surface area contributed by atoms with Crippen LogP contribution < -0.4 is 0 Å². The van der Waals surface area contributed by atoms with E-state index in [-0.39, 0.29) is 0 Å². The molecule has 2 nitrogen and oxygen atoms in total. The van der Waals surface area contributed by atoms with Gasteiger partial charge in [0.1, 0.15) is 6.29 Å². The van der Waals surface area contributed by atoms with Crippen LogP contribution in [0.2, 0.25) is 0 Å². The van der Waals surface area contributed by atoms with Crippen molar-refractivity contribution in [3.05, 3.63) is 35.5 Å². The van der Waals surface area contributed by atoms with Gasteiger partial charge in [-0.2, -0.15) is 0 Å². The van der Waals surface area contributed by atoms with Gasteiger partial charge in [-0.3, -0.25) is 0 Å². The van der Waals surface area contributed by atoms with E-state index < -0.39 is 0 Å². The van der Waals surface area contributed by atoms with Gasteiger partial charge in [0.2, 0.25) is 0 Å². The molecule has 0 saturated carbocycles. The van der Waals surface area contributed by atoms with E-state index in [1.165, 1.54) is 16.6 Å². The Morgan fingerprint density at radius 1 is 1.43 bits per heavy atom. The van der Waals surface area contributed by atoms with Gasteiger partial charge in [0, 0.05) is 24.5 Å². The summed E-state index contributed by atoms with van der Waals surface area (Å²) in [6, 6.07) is 8.23. The van der Waals surface area contributed by atoms with E-state index in [4.69, 9.17) is 0 Å². The van der Waals surface area contributed by atoms with Crippen molar-refractivity contribution < 1.29 is 4.79 Å². The summed E-state index contributed by atoms with van der Waals surface area (Å²) in [5.41, 5.74) is 3.50. The third-order valence-corrected chi connectivity index (χ3v) is 2.68. The number of nitrogens with zero attached hydrogens (tertiary/aromatic N) is 1. The largest absolute Gasteiger partial charge is 0.348 e. The number of aromatic nitrogens is 1. The Hall–Kier alpha value is -1.57. The highest BCUT2D eigenvalue weighted by Gasteiger charge is 2.05. The first-order valence-corrected chi connectivity index (χ1v) is 4.71. The lowest BCUT2D eigenvalue weighted by Gasteiger charge is -2.03. The molecule has 72 valence electrons. The number of aryl methyl sites for hydroxylation is 2. The van der Waals surface area contributed by atoms with E-state index in [1.807, 2.05) is 19.2 Å². The Bertz CT molecular complexity index is 482. The van der Waals surface area contributed by atoms with Crippen molar-refractivity contribution >= 4 is 17.2 Å². The van der Waals surface area contributed by atoms with Gasteiger partial charge in [0.15, 0.2) is 0 Å². The molecule has 14 heavy (non-hydrogen) atoms. The van der Waals surface area contributed by atoms with Crippen LogP contribution >= 0.6 is 0 Å². The zero-order chi connectivity index (χ0) is 10.1. The zero-order valence-electron chi connectivity index (χ0n) is 8.45. The molecule has 0 aliphatic heterocycles. The van der Waals surface area contributed by atoms with Crippen molar-refractivity contribution in [1.82, 2.24) is 4.57 Å². The van der Waals surface area contributed by atoms with E-state index in [2.05, 4.69) is 23.6 Å². The molecule has 0 aliphatic rings. The van der Waals surface area contributed by atoms with Gasteiger partial charge >= 0.3 is 0 Å². The highest BCUT2D eigenvalue weighted by Crippen LogP contribution is 2.22. The number of benzene rings is 1. The number of hydrogen-bond acceptors (Lipinski definition) is 1. The van der Waals surface area contributed by atoms with Crippen molar-refractivity contribution in [2.24, 2.45) is 7.05 Å². The highest BCUT2D eigenvalue weighted by molar-refractivity contribution is 5.86. The van der Waals surface area contributed by atoms with E-state index in [0.29, 0.717) is 6.42 Å². The highest BCUT2D eigenvalue weighted by atomic mass is 16.1. The van der Waals surface area contributed by atoms with Gasteiger partial charge in [0.05, 0.1) is 5.52 Å². The molecule has 0 saturated heterocycles. The van der Waals surface area contributed by atoms with Gasteiger partial charge < -0.3 is 9.36 Å². The molecular formula is C12H13NO. The molecule has 2 aromatic rings. The fraction of sp³-hybridized carbons (Fsp3) is 0.250. The van der Waals surface area contributed by atoms with Crippen molar-refractivity contribution in [3.63, 3.8) is 0 Å². The number of aldehydes is 1. The fourth-order valence-corrected chi connectivity index (χ4v) is 1.89. The van der Waals surface area contributed by atoms with E-state index in [1.54, 1.807) is 0 Å². The Balaban J connectivity index is 2.77. The summed E-state index contributed by atoms with van der Waals surface area (Å²) >= 11 is 0. The molecule has 2 rings (SSSR count). The molecule has 0 amide bonds.